The lowest BCUT2D eigenvalue weighted by Crippen LogP contribution is -2.26. The fraction of sp³-hybridized carbons (Fsp3) is 0.583. The topological polar surface area (TPSA) is 36.4 Å². The van der Waals surface area contributed by atoms with E-state index in [0.717, 1.165) is 31.7 Å². The molecule has 4 heteroatoms. The maximum Gasteiger partial charge on any atom is 0.142 e. The van der Waals surface area contributed by atoms with E-state index in [-0.39, 0.29) is 12.4 Å². The van der Waals surface area contributed by atoms with Gasteiger partial charge in [-0.05, 0) is 18.9 Å². The van der Waals surface area contributed by atoms with E-state index in [1.165, 1.54) is 25.1 Å². The van der Waals surface area contributed by atoms with E-state index in [1.54, 1.807) is 0 Å². The van der Waals surface area contributed by atoms with Crippen LogP contribution in [0, 0.1) is 5.82 Å². The highest BCUT2D eigenvalue weighted by atomic mass is 19.1. The number of aliphatic hydroxyl groups excluding tert-OH is 1. The van der Waals surface area contributed by atoms with Crippen molar-refractivity contribution in [3.05, 3.63) is 23.6 Å². The molecule has 0 aliphatic carbocycles. The Balaban J connectivity index is 2.23. The Kier molecular flexibility index (Phi) is 3.72. The quantitative estimate of drug-likeness (QED) is 0.835. The van der Waals surface area contributed by atoms with Crippen molar-refractivity contribution in [1.82, 2.24) is 4.98 Å². The normalized spacial score (nSPS) is 17.2. The Labute approximate surface area is 94.9 Å². The molecule has 16 heavy (non-hydrogen) atoms. The molecule has 1 aromatic heterocycles. The van der Waals surface area contributed by atoms with E-state index in [2.05, 4.69) is 9.88 Å². The first-order valence-corrected chi connectivity index (χ1v) is 5.81. The predicted molar refractivity (Wildman–Crippen MR) is 60.8 cm³/mol. The number of aromatic nitrogens is 1. The molecule has 0 unspecified atom stereocenters. The van der Waals surface area contributed by atoms with Crippen LogP contribution < -0.4 is 4.90 Å². The van der Waals surface area contributed by atoms with Gasteiger partial charge in [-0.3, -0.25) is 0 Å². The van der Waals surface area contributed by atoms with Gasteiger partial charge in [0.2, 0.25) is 0 Å². The molecule has 1 fully saturated rings. The molecule has 0 bridgehead atoms. The molecule has 0 saturated carbocycles. The molecule has 1 aliphatic heterocycles. The Morgan fingerprint density at radius 2 is 1.94 bits per heavy atom. The van der Waals surface area contributed by atoms with E-state index >= 15 is 0 Å². The first kappa shape index (κ1) is 11.3. The fourth-order valence-corrected chi connectivity index (χ4v) is 2.16. The molecule has 3 nitrogen and oxygen atoms in total. The molecule has 1 saturated heterocycles. The summed E-state index contributed by atoms with van der Waals surface area (Å²) in [4.78, 5) is 6.26. The lowest BCUT2D eigenvalue weighted by molar-refractivity contribution is 0.281. The van der Waals surface area contributed by atoms with Crippen molar-refractivity contribution in [3.8, 4) is 0 Å². The zero-order chi connectivity index (χ0) is 11.4. The molecule has 0 spiro atoms. The second-order valence-electron chi connectivity index (χ2n) is 4.20. The molecule has 0 atom stereocenters. The van der Waals surface area contributed by atoms with Crippen molar-refractivity contribution in [1.29, 1.82) is 0 Å². The summed E-state index contributed by atoms with van der Waals surface area (Å²) >= 11 is 0. The average molecular weight is 224 g/mol. The minimum Gasteiger partial charge on any atom is -0.392 e. The largest absolute Gasteiger partial charge is 0.392 e. The number of nitrogens with zero attached hydrogens (tertiary/aromatic N) is 2. The highest BCUT2D eigenvalue weighted by Gasteiger charge is 2.15. The van der Waals surface area contributed by atoms with Crippen LogP contribution in [-0.2, 0) is 6.61 Å². The summed E-state index contributed by atoms with van der Waals surface area (Å²) in [5, 5.41) is 9.21. The van der Waals surface area contributed by atoms with Crippen molar-refractivity contribution in [3.63, 3.8) is 0 Å². The summed E-state index contributed by atoms with van der Waals surface area (Å²) in [5.74, 6) is 0.355. The van der Waals surface area contributed by atoms with Crippen LogP contribution in [0.2, 0.25) is 0 Å². The highest BCUT2D eigenvalue weighted by molar-refractivity contribution is 5.46. The maximum atomic E-state index is 13.0. The van der Waals surface area contributed by atoms with Crippen molar-refractivity contribution in [2.24, 2.45) is 0 Å². The van der Waals surface area contributed by atoms with Gasteiger partial charge in [0.25, 0.3) is 0 Å². The average Bonchev–Trinajstić information content (AvgIpc) is 2.57. The lowest BCUT2D eigenvalue weighted by atomic mass is 10.2. The van der Waals surface area contributed by atoms with Gasteiger partial charge in [0.15, 0.2) is 0 Å². The van der Waals surface area contributed by atoms with Gasteiger partial charge in [-0.15, -0.1) is 0 Å². The number of halogens is 1. The molecule has 0 radical (unpaired) electrons. The van der Waals surface area contributed by atoms with Crippen molar-refractivity contribution in [2.45, 2.75) is 32.3 Å². The predicted octanol–water partition coefficient (Wildman–Crippen LogP) is 2.09. The number of hydrogen-bond acceptors (Lipinski definition) is 3. The third kappa shape index (κ3) is 2.50. The zero-order valence-electron chi connectivity index (χ0n) is 9.32. The second kappa shape index (κ2) is 5.25. The second-order valence-corrected chi connectivity index (χ2v) is 4.20. The molecule has 0 aromatic carbocycles. The van der Waals surface area contributed by atoms with E-state index in [0.29, 0.717) is 5.56 Å². The Morgan fingerprint density at radius 1 is 1.25 bits per heavy atom. The van der Waals surface area contributed by atoms with Crippen LogP contribution in [0.1, 0.15) is 31.2 Å². The first-order chi connectivity index (χ1) is 7.81. The van der Waals surface area contributed by atoms with Crippen LogP contribution in [0.4, 0.5) is 10.2 Å². The van der Waals surface area contributed by atoms with Crippen LogP contribution in [0.25, 0.3) is 0 Å². The number of aliphatic hydroxyl groups is 1. The Morgan fingerprint density at radius 3 is 2.56 bits per heavy atom. The molecule has 88 valence electrons. The molecule has 2 rings (SSSR count). The summed E-state index contributed by atoms with van der Waals surface area (Å²) in [7, 11) is 0. The molecule has 1 aromatic rings. The van der Waals surface area contributed by atoms with Gasteiger partial charge in [-0.1, -0.05) is 12.8 Å². The van der Waals surface area contributed by atoms with E-state index in [9.17, 15) is 9.50 Å². The summed E-state index contributed by atoms with van der Waals surface area (Å²) in [6.07, 6.45) is 5.99. The molecule has 2 heterocycles. The van der Waals surface area contributed by atoms with E-state index < -0.39 is 0 Å². The first-order valence-electron chi connectivity index (χ1n) is 5.81. The van der Waals surface area contributed by atoms with Gasteiger partial charge in [0, 0.05) is 18.7 Å². The number of rotatable bonds is 2. The van der Waals surface area contributed by atoms with E-state index in [4.69, 9.17) is 0 Å². The van der Waals surface area contributed by atoms with Gasteiger partial charge in [0.1, 0.15) is 11.6 Å². The van der Waals surface area contributed by atoms with Gasteiger partial charge >= 0.3 is 0 Å². The number of hydrogen-bond donors (Lipinski definition) is 1. The molecule has 0 amide bonds. The maximum absolute atomic E-state index is 13.0. The van der Waals surface area contributed by atoms with Crippen LogP contribution in [0.15, 0.2) is 12.3 Å². The van der Waals surface area contributed by atoms with Gasteiger partial charge in [-0.25, -0.2) is 9.37 Å². The summed E-state index contributed by atoms with van der Waals surface area (Å²) < 4.78 is 13.0. The van der Waals surface area contributed by atoms with Crippen molar-refractivity contribution < 1.29 is 9.50 Å². The molecular formula is C12H17FN2O. The third-order valence-electron chi connectivity index (χ3n) is 2.99. The molecular weight excluding hydrogens is 207 g/mol. The van der Waals surface area contributed by atoms with Crippen LogP contribution in [0.5, 0.6) is 0 Å². The summed E-state index contributed by atoms with van der Waals surface area (Å²) in [6, 6.07) is 1.37. The Hall–Kier alpha value is -1.16. The minimum atomic E-state index is -0.386. The van der Waals surface area contributed by atoms with Crippen molar-refractivity contribution >= 4 is 5.82 Å². The standard InChI is InChI=1S/C12H17FN2O/c13-11-7-10(9-16)12(14-8-11)15-5-3-1-2-4-6-15/h7-8,16H,1-6,9H2. The molecule has 1 N–H and O–H groups in total. The fourth-order valence-electron chi connectivity index (χ4n) is 2.16. The third-order valence-corrected chi connectivity index (χ3v) is 2.99. The number of pyridine rings is 1. The van der Waals surface area contributed by atoms with E-state index in [1.807, 2.05) is 0 Å². The summed E-state index contributed by atoms with van der Waals surface area (Å²) in [6.45, 7) is 1.74. The van der Waals surface area contributed by atoms with Gasteiger partial charge in [0.05, 0.1) is 12.8 Å². The minimum absolute atomic E-state index is 0.156. The van der Waals surface area contributed by atoms with Crippen LogP contribution in [-0.4, -0.2) is 23.2 Å². The zero-order valence-corrected chi connectivity index (χ0v) is 9.32. The van der Waals surface area contributed by atoms with Gasteiger partial charge < -0.3 is 10.0 Å². The SMILES string of the molecule is OCc1cc(F)cnc1N1CCCCCC1. The number of anilines is 1. The van der Waals surface area contributed by atoms with Crippen LogP contribution in [0.3, 0.4) is 0 Å². The van der Waals surface area contributed by atoms with Crippen molar-refractivity contribution in [2.75, 3.05) is 18.0 Å². The molecule has 1 aliphatic rings. The van der Waals surface area contributed by atoms with Crippen LogP contribution >= 0.6 is 0 Å². The lowest BCUT2D eigenvalue weighted by Gasteiger charge is -2.23. The highest BCUT2D eigenvalue weighted by Crippen LogP contribution is 2.22. The summed E-state index contributed by atoms with van der Waals surface area (Å²) in [5.41, 5.74) is 0.585. The Bertz CT molecular complexity index is 349. The smallest absolute Gasteiger partial charge is 0.142 e. The monoisotopic (exact) mass is 224 g/mol. The van der Waals surface area contributed by atoms with Gasteiger partial charge in [-0.2, -0.15) is 0 Å².